The largest absolute Gasteiger partial charge is 0.496 e. The smallest absolute Gasteiger partial charge is 0.235 e. The Balaban J connectivity index is 2.02. The Kier molecular flexibility index (Phi) is 3.60. The molecular formula is C16H19NO3. The summed E-state index contributed by atoms with van der Waals surface area (Å²) in [5.74, 6) is 1.25. The summed E-state index contributed by atoms with van der Waals surface area (Å²) in [5.41, 5.74) is 1.87. The van der Waals surface area contributed by atoms with E-state index in [1.807, 2.05) is 6.07 Å². The van der Waals surface area contributed by atoms with Crippen molar-refractivity contribution in [1.29, 1.82) is 0 Å². The van der Waals surface area contributed by atoms with Crippen LogP contribution < -0.4 is 4.74 Å². The highest BCUT2D eigenvalue weighted by Gasteiger charge is 2.41. The Bertz CT molecular complexity index is 539. The molecule has 4 heteroatoms. The summed E-state index contributed by atoms with van der Waals surface area (Å²) in [6.07, 6.45) is 5.67. The second-order valence-corrected chi connectivity index (χ2v) is 5.61. The van der Waals surface area contributed by atoms with Crippen LogP contribution in [-0.4, -0.2) is 26.4 Å². The molecule has 1 aromatic carbocycles. The maximum absolute atomic E-state index is 10.8. The van der Waals surface area contributed by atoms with Gasteiger partial charge in [-0.3, -0.25) is 0 Å². The van der Waals surface area contributed by atoms with Crippen LogP contribution in [0.1, 0.15) is 42.7 Å². The topological polar surface area (TPSA) is 47.9 Å². The lowest BCUT2D eigenvalue weighted by molar-refractivity contribution is 0.193. The van der Waals surface area contributed by atoms with Crippen molar-refractivity contribution in [2.75, 3.05) is 20.3 Å². The number of methoxy groups -OCH3 is 1. The molecule has 0 spiro atoms. The van der Waals surface area contributed by atoms with Gasteiger partial charge in [0.25, 0.3) is 0 Å². The van der Waals surface area contributed by atoms with E-state index < -0.39 is 5.54 Å². The Labute approximate surface area is 118 Å². The quantitative estimate of drug-likeness (QED) is 0.626. The number of isocyanates is 1. The molecule has 1 aliphatic carbocycles. The summed E-state index contributed by atoms with van der Waals surface area (Å²) in [6.45, 7) is 1.60. The van der Waals surface area contributed by atoms with Crippen molar-refractivity contribution >= 4 is 6.08 Å². The average Bonchev–Trinajstić information content (AvgIpc) is 2.96. The highest BCUT2D eigenvalue weighted by Crippen LogP contribution is 2.48. The zero-order valence-electron chi connectivity index (χ0n) is 11.7. The van der Waals surface area contributed by atoms with E-state index in [-0.39, 0.29) is 0 Å². The first-order valence-electron chi connectivity index (χ1n) is 7.14. The van der Waals surface area contributed by atoms with Crippen molar-refractivity contribution in [2.45, 2.75) is 37.1 Å². The molecule has 1 saturated heterocycles. The minimum absolute atomic E-state index is 0.414. The van der Waals surface area contributed by atoms with Crippen LogP contribution in [0.15, 0.2) is 23.2 Å². The minimum atomic E-state index is -0.414. The number of benzene rings is 1. The Morgan fingerprint density at radius 2 is 2.30 bits per heavy atom. The predicted molar refractivity (Wildman–Crippen MR) is 74.8 cm³/mol. The summed E-state index contributed by atoms with van der Waals surface area (Å²) in [6, 6.07) is 6.24. The van der Waals surface area contributed by atoms with E-state index in [9.17, 15) is 4.79 Å². The molecule has 4 nitrogen and oxygen atoms in total. The molecule has 2 fully saturated rings. The number of carbonyl (C=O) groups excluding carboxylic acids is 1. The monoisotopic (exact) mass is 273 g/mol. The van der Waals surface area contributed by atoms with E-state index in [4.69, 9.17) is 9.47 Å². The van der Waals surface area contributed by atoms with Crippen molar-refractivity contribution in [3.05, 3.63) is 29.3 Å². The lowest BCUT2D eigenvalue weighted by atomic mass is 9.71. The standard InChI is InChI=1S/C16H19NO3/c1-19-15-4-3-12(13-5-8-20-10-13)9-14(15)16(17-11-18)6-2-7-16/h3-4,9,13H,2,5-8,10H2,1H3. The molecular weight excluding hydrogens is 254 g/mol. The molecule has 106 valence electrons. The third-order valence-electron chi connectivity index (χ3n) is 4.57. The highest BCUT2D eigenvalue weighted by atomic mass is 16.5. The van der Waals surface area contributed by atoms with Gasteiger partial charge >= 0.3 is 0 Å². The van der Waals surface area contributed by atoms with Crippen LogP contribution in [0.5, 0.6) is 5.75 Å². The Morgan fingerprint density at radius 1 is 1.45 bits per heavy atom. The zero-order chi connectivity index (χ0) is 14.0. The molecule has 0 bridgehead atoms. The summed E-state index contributed by atoms with van der Waals surface area (Å²) in [7, 11) is 1.66. The van der Waals surface area contributed by atoms with Crippen LogP contribution in [0.2, 0.25) is 0 Å². The van der Waals surface area contributed by atoms with Crippen LogP contribution in [-0.2, 0) is 15.1 Å². The van der Waals surface area contributed by atoms with Gasteiger partial charge < -0.3 is 9.47 Å². The molecule has 2 aliphatic rings. The maximum atomic E-state index is 10.8. The number of nitrogens with zero attached hydrogens (tertiary/aromatic N) is 1. The van der Waals surface area contributed by atoms with Crippen LogP contribution >= 0.6 is 0 Å². The van der Waals surface area contributed by atoms with Crippen molar-refractivity contribution in [2.24, 2.45) is 4.99 Å². The zero-order valence-corrected chi connectivity index (χ0v) is 11.7. The van der Waals surface area contributed by atoms with Crippen LogP contribution in [0.4, 0.5) is 0 Å². The third-order valence-corrected chi connectivity index (χ3v) is 4.57. The van der Waals surface area contributed by atoms with E-state index in [1.165, 1.54) is 5.56 Å². The number of ether oxygens (including phenoxy) is 2. The highest BCUT2D eigenvalue weighted by molar-refractivity contribution is 5.47. The lowest BCUT2D eigenvalue weighted by Gasteiger charge is -2.38. The molecule has 1 atom stereocenters. The van der Waals surface area contributed by atoms with Crippen molar-refractivity contribution < 1.29 is 14.3 Å². The van der Waals surface area contributed by atoms with Gasteiger partial charge in [0.1, 0.15) is 11.3 Å². The normalized spacial score (nSPS) is 23.8. The van der Waals surface area contributed by atoms with Gasteiger partial charge in [-0.05, 0) is 43.4 Å². The fraction of sp³-hybridized carbons (Fsp3) is 0.562. The van der Waals surface area contributed by atoms with Crippen LogP contribution in [0.3, 0.4) is 0 Å². The van der Waals surface area contributed by atoms with Crippen LogP contribution in [0.25, 0.3) is 0 Å². The molecule has 0 N–H and O–H groups in total. The van der Waals surface area contributed by atoms with Crippen molar-refractivity contribution in [1.82, 2.24) is 0 Å². The first-order chi connectivity index (χ1) is 9.79. The number of hydrogen-bond acceptors (Lipinski definition) is 4. The van der Waals surface area contributed by atoms with E-state index in [2.05, 4.69) is 17.1 Å². The van der Waals surface area contributed by atoms with Gasteiger partial charge in [-0.2, -0.15) is 4.99 Å². The third kappa shape index (κ3) is 2.15. The van der Waals surface area contributed by atoms with E-state index in [0.29, 0.717) is 5.92 Å². The molecule has 0 radical (unpaired) electrons. The first kappa shape index (κ1) is 13.3. The number of aliphatic imine (C=N–C) groups is 1. The molecule has 3 rings (SSSR count). The van der Waals surface area contributed by atoms with Gasteiger partial charge in [0.2, 0.25) is 6.08 Å². The van der Waals surface area contributed by atoms with Gasteiger partial charge in [-0.1, -0.05) is 6.07 Å². The Morgan fingerprint density at radius 3 is 2.85 bits per heavy atom. The fourth-order valence-electron chi connectivity index (χ4n) is 3.18. The van der Waals surface area contributed by atoms with Gasteiger partial charge in [0.05, 0.1) is 13.7 Å². The molecule has 20 heavy (non-hydrogen) atoms. The van der Waals surface area contributed by atoms with Crippen molar-refractivity contribution in [3.63, 3.8) is 0 Å². The molecule has 1 saturated carbocycles. The summed E-state index contributed by atoms with van der Waals surface area (Å²) < 4.78 is 10.9. The van der Waals surface area contributed by atoms with E-state index >= 15 is 0 Å². The summed E-state index contributed by atoms with van der Waals surface area (Å²) in [4.78, 5) is 14.9. The number of hydrogen-bond donors (Lipinski definition) is 0. The second kappa shape index (κ2) is 5.39. The molecule has 0 amide bonds. The molecule has 1 aromatic rings. The molecule has 1 heterocycles. The van der Waals surface area contributed by atoms with Gasteiger partial charge in [0, 0.05) is 18.1 Å². The van der Waals surface area contributed by atoms with E-state index in [1.54, 1.807) is 13.2 Å². The van der Waals surface area contributed by atoms with Crippen LogP contribution in [0, 0.1) is 0 Å². The molecule has 0 aromatic heterocycles. The van der Waals surface area contributed by atoms with Crippen molar-refractivity contribution in [3.8, 4) is 5.75 Å². The fourth-order valence-corrected chi connectivity index (χ4v) is 3.18. The molecule has 1 unspecified atom stereocenters. The average molecular weight is 273 g/mol. The SMILES string of the molecule is COc1ccc(C2CCOC2)cc1C1(N=C=O)CCC1. The summed E-state index contributed by atoms with van der Waals surface area (Å²) in [5, 5.41) is 0. The minimum Gasteiger partial charge on any atom is -0.496 e. The van der Waals surface area contributed by atoms with E-state index in [0.717, 1.165) is 50.2 Å². The summed E-state index contributed by atoms with van der Waals surface area (Å²) >= 11 is 0. The second-order valence-electron chi connectivity index (χ2n) is 5.61. The molecule has 1 aliphatic heterocycles. The van der Waals surface area contributed by atoms with Gasteiger partial charge in [-0.25, -0.2) is 4.79 Å². The predicted octanol–water partition coefficient (Wildman–Crippen LogP) is 2.91. The van der Waals surface area contributed by atoms with Gasteiger partial charge in [-0.15, -0.1) is 0 Å². The number of rotatable bonds is 4. The van der Waals surface area contributed by atoms with Gasteiger partial charge in [0.15, 0.2) is 0 Å². The lowest BCUT2D eigenvalue weighted by Crippen LogP contribution is -2.32. The maximum Gasteiger partial charge on any atom is 0.235 e. The first-order valence-corrected chi connectivity index (χ1v) is 7.14. The Hall–Kier alpha value is -1.64.